The standard InChI is InChI=1S/C8H15NO/c1-8(2,3)7-4-6(10)5-9-7/h7,9H,4-5H2,1-3H3. The fraction of sp³-hybridized carbons (Fsp3) is 0.875. The summed E-state index contributed by atoms with van der Waals surface area (Å²) < 4.78 is 0. The molecule has 0 aromatic carbocycles. The fourth-order valence-electron chi connectivity index (χ4n) is 1.22. The Labute approximate surface area is 62.0 Å². The fourth-order valence-corrected chi connectivity index (χ4v) is 1.22. The van der Waals surface area contributed by atoms with Crippen LogP contribution in [0.2, 0.25) is 0 Å². The van der Waals surface area contributed by atoms with Gasteiger partial charge in [-0.05, 0) is 5.41 Å². The van der Waals surface area contributed by atoms with E-state index in [0.29, 0.717) is 24.8 Å². The van der Waals surface area contributed by atoms with Crippen molar-refractivity contribution in [2.24, 2.45) is 5.41 Å². The van der Waals surface area contributed by atoms with E-state index in [1.54, 1.807) is 0 Å². The molecule has 1 atom stereocenters. The Bertz CT molecular complexity index is 146. The number of ketones is 1. The van der Waals surface area contributed by atoms with Crippen LogP contribution in [-0.4, -0.2) is 18.4 Å². The molecule has 0 aromatic rings. The number of carbonyl (C=O) groups is 1. The van der Waals surface area contributed by atoms with Crippen molar-refractivity contribution in [1.29, 1.82) is 0 Å². The van der Waals surface area contributed by atoms with E-state index in [1.807, 2.05) is 0 Å². The number of nitrogens with one attached hydrogen (secondary N) is 1. The van der Waals surface area contributed by atoms with E-state index >= 15 is 0 Å². The summed E-state index contributed by atoms with van der Waals surface area (Å²) in [7, 11) is 0. The molecule has 10 heavy (non-hydrogen) atoms. The van der Waals surface area contributed by atoms with Gasteiger partial charge in [-0.2, -0.15) is 0 Å². The molecule has 1 N–H and O–H groups in total. The topological polar surface area (TPSA) is 29.1 Å². The number of carbonyl (C=O) groups excluding carboxylic acids is 1. The van der Waals surface area contributed by atoms with Gasteiger partial charge >= 0.3 is 0 Å². The van der Waals surface area contributed by atoms with Crippen molar-refractivity contribution < 1.29 is 4.79 Å². The molecule has 2 heteroatoms. The van der Waals surface area contributed by atoms with Crippen molar-refractivity contribution in [2.75, 3.05) is 6.54 Å². The SMILES string of the molecule is CC(C)(C)C1CC(=O)CN1. The zero-order valence-electron chi connectivity index (χ0n) is 6.90. The molecule has 1 aliphatic heterocycles. The molecule has 0 saturated carbocycles. The first-order valence-corrected chi connectivity index (χ1v) is 3.75. The summed E-state index contributed by atoms with van der Waals surface area (Å²) in [5, 5.41) is 3.20. The first-order valence-electron chi connectivity index (χ1n) is 3.75. The Morgan fingerprint density at radius 3 is 2.30 bits per heavy atom. The summed E-state index contributed by atoms with van der Waals surface area (Å²) in [6, 6.07) is 0.389. The van der Waals surface area contributed by atoms with E-state index in [9.17, 15) is 4.79 Å². The molecule has 0 spiro atoms. The highest BCUT2D eigenvalue weighted by Gasteiger charge is 2.30. The zero-order chi connectivity index (χ0) is 7.78. The molecule has 1 saturated heterocycles. The normalized spacial score (nSPS) is 27.5. The lowest BCUT2D eigenvalue weighted by Gasteiger charge is -2.25. The van der Waals surface area contributed by atoms with E-state index in [4.69, 9.17) is 0 Å². The summed E-state index contributed by atoms with van der Waals surface area (Å²) in [6.07, 6.45) is 0.712. The number of Topliss-reactive ketones (excluding diaryl/α,β-unsaturated/α-hetero) is 1. The third kappa shape index (κ3) is 1.57. The summed E-state index contributed by atoms with van der Waals surface area (Å²) in [4.78, 5) is 10.8. The Morgan fingerprint density at radius 1 is 1.50 bits per heavy atom. The second-order valence-corrected chi connectivity index (χ2v) is 4.04. The van der Waals surface area contributed by atoms with Gasteiger partial charge in [0.1, 0.15) is 5.78 Å². The molecule has 1 fully saturated rings. The van der Waals surface area contributed by atoms with Crippen LogP contribution in [-0.2, 0) is 4.79 Å². The van der Waals surface area contributed by atoms with Gasteiger partial charge in [-0.1, -0.05) is 20.8 Å². The minimum Gasteiger partial charge on any atom is -0.306 e. The molecule has 0 radical (unpaired) electrons. The molecule has 0 bridgehead atoms. The molecule has 0 amide bonds. The summed E-state index contributed by atoms with van der Waals surface area (Å²) >= 11 is 0. The summed E-state index contributed by atoms with van der Waals surface area (Å²) in [6.45, 7) is 7.04. The molecular formula is C8H15NO. The van der Waals surface area contributed by atoms with Crippen molar-refractivity contribution in [2.45, 2.75) is 33.2 Å². The lowest BCUT2D eigenvalue weighted by molar-refractivity contribution is -0.116. The number of rotatable bonds is 0. The second kappa shape index (κ2) is 2.35. The third-order valence-electron chi connectivity index (χ3n) is 2.02. The average Bonchev–Trinajstić information content (AvgIpc) is 2.11. The van der Waals surface area contributed by atoms with Crippen LogP contribution in [0.3, 0.4) is 0 Å². The van der Waals surface area contributed by atoms with Crippen LogP contribution in [0.25, 0.3) is 0 Å². The van der Waals surface area contributed by atoms with Crippen molar-refractivity contribution in [1.82, 2.24) is 5.32 Å². The molecule has 0 aromatic heterocycles. The highest BCUT2D eigenvalue weighted by molar-refractivity contribution is 5.83. The molecule has 1 heterocycles. The average molecular weight is 141 g/mol. The van der Waals surface area contributed by atoms with Crippen molar-refractivity contribution in [3.63, 3.8) is 0 Å². The predicted octanol–water partition coefficient (Wildman–Crippen LogP) is 0.964. The van der Waals surface area contributed by atoms with Crippen LogP contribution in [0.1, 0.15) is 27.2 Å². The Kier molecular flexibility index (Phi) is 1.82. The Hall–Kier alpha value is -0.370. The highest BCUT2D eigenvalue weighted by atomic mass is 16.1. The zero-order valence-corrected chi connectivity index (χ0v) is 6.90. The van der Waals surface area contributed by atoms with E-state index in [-0.39, 0.29) is 5.41 Å². The second-order valence-electron chi connectivity index (χ2n) is 4.04. The maximum Gasteiger partial charge on any atom is 0.148 e. The van der Waals surface area contributed by atoms with Crippen LogP contribution in [0.15, 0.2) is 0 Å². The molecule has 1 rings (SSSR count). The van der Waals surface area contributed by atoms with Crippen molar-refractivity contribution >= 4 is 5.78 Å². The van der Waals surface area contributed by atoms with E-state index in [0.717, 1.165) is 0 Å². The molecule has 1 unspecified atom stereocenters. The van der Waals surface area contributed by atoms with Gasteiger partial charge in [0.05, 0.1) is 6.54 Å². The van der Waals surface area contributed by atoms with Gasteiger partial charge < -0.3 is 5.32 Å². The maximum absolute atomic E-state index is 10.8. The van der Waals surface area contributed by atoms with Gasteiger partial charge in [0.25, 0.3) is 0 Å². The number of hydrogen-bond acceptors (Lipinski definition) is 2. The first kappa shape index (κ1) is 7.73. The maximum atomic E-state index is 10.8. The van der Waals surface area contributed by atoms with Gasteiger partial charge in [-0.25, -0.2) is 0 Å². The van der Waals surface area contributed by atoms with Crippen LogP contribution >= 0.6 is 0 Å². The van der Waals surface area contributed by atoms with E-state index in [2.05, 4.69) is 26.1 Å². The Morgan fingerprint density at radius 2 is 2.10 bits per heavy atom. The molecule has 1 aliphatic rings. The smallest absolute Gasteiger partial charge is 0.148 e. The summed E-state index contributed by atoms with van der Waals surface area (Å²) in [5.41, 5.74) is 0.228. The minimum absolute atomic E-state index is 0.228. The summed E-state index contributed by atoms with van der Waals surface area (Å²) in [5.74, 6) is 0.347. The van der Waals surface area contributed by atoms with Crippen LogP contribution < -0.4 is 5.32 Å². The van der Waals surface area contributed by atoms with Gasteiger partial charge in [0.15, 0.2) is 0 Å². The highest BCUT2D eigenvalue weighted by Crippen LogP contribution is 2.24. The quantitative estimate of drug-likeness (QED) is 0.544. The predicted molar refractivity (Wildman–Crippen MR) is 40.9 cm³/mol. The van der Waals surface area contributed by atoms with Crippen LogP contribution in [0.4, 0.5) is 0 Å². The third-order valence-corrected chi connectivity index (χ3v) is 2.02. The molecular weight excluding hydrogens is 126 g/mol. The van der Waals surface area contributed by atoms with Crippen LogP contribution in [0, 0.1) is 5.41 Å². The lowest BCUT2D eigenvalue weighted by atomic mass is 9.86. The largest absolute Gasteiger partial charge is 0.306 e. The van der Waals surface area contributed by atoms with Crippen molar-refractivity contribution in [3.05, 3.63) is 0 Å². The van der Waals surface area contributed by atoms with Crippen LogP contribution in [0.5, 0.6) is 0 Å². The van der Waals surface area contributed by atoms with Gasteiger partial charge in [-0.15, -0.1) is 0 Å². The lowest BCUT2D eigenvalue weighted by Crippen LogP contribution is -2.34. The molecule has 58 valence electrons. The van der Waals surface area contributed by atoms with Crippen molar-refractivity contribution in [3.8, 4) is 0 Å². The van der Waals surface area contributed by atoms with E-state index in [1.165, 1.54) is 0 Å². The Balaban J connectivity index is 2.53. The molecule has 2 nitrogen and oxygen atoms in total. The number of hydrogen-bond donors (Lipinski definition) is 1. The van der Waals surface area contributed by atoms with Gasteiger partial charge in [-0.3, -0.25) is 4.79 Å². The monoisotopic (exact) mass is 141 g/mol. The molecule has 0 aliphatic carbocycles. The van der Waals surface area contributed by atoms with E-state index < -0.39 is 0 Å². The first-order chi connectivity index (χ1) is 4.50. The van der Waals surface area contributed by atoms with Gasteiger partial charge in [0.2, 0.25) is 0 Å². The van der Waals surface area contributed by atoms with Gasteiger partial charge in [0, 0.05) is 12.5 Å². The minimum atomic E-state index is 0.228.